The average molecular weight is 274 g/mol. The predicted octanol–water partition coefficient (Wildman–Crippen LogP) is 3.34. The molecule has 1 aromatic rings. The monoisotopic (exact) mass is 274 g/mol. The second-order valence-corrected chi connectivity index (χ2v) is 6.24. The van der Waals surface area contributed by atoms with E-state index in [2.05, 4.69) is 12.2 Å². The number of carbonyl (C=O) groups is 1. The van der Waals surface area contributed by atoms with Gasteiger partial charge in [-0.1, -0.05) is 18.2 Å². The number of hydrogen-bond acceptors (Lipinski definition) is 2. The predicted molar refractivity (Wildman–Crippen MR) is 78.3 cm³/mol. The highest BCUT2D eigenvalue weighted by Crippen LogP contribution is 2.50. The van der Waals surface area contributed by atoms with Gasteiger partial charge in [-0.25, -0.2) is 4.79 Å². The summed E-state index contributed by atoms with van der Waals surface area (Å²) in [5, 5.41) is 4.53. The Hall–Kier alpha value is -1.55. The molecule has 1 N–H and O–H groups in total. The third-order valence-electron chi connectivity index (χ3n) is 4.91. The molecule has 2 aliphatic carbocycles. The average Bonchev–Trinajstić information content (AvgIpc) is 3.00. The lowest BCUT2D eigenvalue weighted by Gasteiger charge is -2.36. The molecule has 0 aromatic heterocycles. The van der Waals surface area contributed by atoms with Crippen LogP contribution in [0.4, 0.5) is 10.5 Å². The van der Waals surface area contributed by atoms with E-state index >= 15 is 0 Å². The lowest BCUT2D eigenvalue weighted by Crippen LogP contribution is -2.54. The standard InChI is InChI=1S/C16H22N2O2/c1-16(11-12-8-9-13(16)10-12)17-15(19)18(20-2)14-6-4-3-5-7-14/h3-7,12-13H,8-11H2,1-2H3,(H,17,19). The first-order chi connectivity index (χ1) is 9.62. The molecule has 4 heteroatoms. The van der Waals surface area contributed by atoms with Crippen LogP contribution < -0.4 is 10.4 Å². The minimum absolute atomic E-state index is 0.0778. The number of hydrogen-bond donors (Lipinski definition) is 1. The third kappa shape index (κ3) is 2.29. The van der Waals surface area contributed by atoms with Gasteiger partial charge < -0.3 is 5.32 Å². The SMILES string of the molecule is CON(C(=O)NC1(C)CC2CCC1C2)c1ccccc1. The Morgan fingerprint density at radius 3 is 2.65 bits per heavy atom. The van der Waals surface area contributed by atoms with Crippen molar-refractivity contribution in [3.8, 4) is 0 Å². The van der Waals surface area contributed by atoms with Crippen molar-refractivity contribution in [2.24, 2.45) is 11.8 Å². The summed E-state index contributed by atoms with van der Waals surface area (Å²) >= 11 is 0. The van der Waals surface area contributed by atoms with Crippen LogP contribution in [-0.4, -0.2) is 18.7 Å². The maximum absolute atomic E-state index is 12.5. The number of para-hydroxylation sites is 1. The Kier molecular flexibility index (Phi) is 3.42. The molecule has 2 bridgehead atoms. The summed E-state index contributed by atoms with van der Waals surface area (Å²) in [5.41, 5.74) is 0.671. The molecule has 0 heterocycles. The van der Waals surface area contributed by atoms with Crippen molar-refractivity contribution in [2.75, 3.05) is 12.2 Å². The third-order valence-corrected chi connectivity index (χ3v) is 4.91. The number of nitrogens with one attached hydrogen (secondary N) is 1. The molecule has 1 aromatic carbocycles. The van der Waals surface area contributed by atoms with Crippen molar-refractivity contribution in [1.82, 2.24) is 5.32 Å². The first-order valence-electron chi connectivity index (χ1n) is 7.34. The van der Waals surface area contributed by atoms with Crippen molar-refractivity contribution in [1.29, 1.82) is 0 Å². The highest BCUT2D eigenvalue weighted by Gasteiger charge is 2.49. The summed E-state index contributed by atoms with van der Waals surface area (Å²) in [6.07, 6.45) is 4.91. The minimum Gasteiger partial charge on any atom is -0.330 e. The van der Waals surface area contributed by atoms with Gasteiger partial charge in [0.15, 0.2) is 0 Å². The molecule has 0 saturated heterocycles. The zero-order valence-electron chi connectivity index (χ0n) is 12.1. The number of anilines is 1. The highest BCUT2D eigenvalue weighted by atomic mass is 16.7. The van der Waals surface area contributed by atoms with Crippen molar-refractivity contribution < 1.29 is 9.63 Å². The summed E-state index contributed by atoms with van der Waals surface area (Å²) in [7, 11) is 1.52. The van der Waals surface area contributed by atoms with Crippen LogP contribution in [0.2, 0.25) is 0 Å². The number of rotatable bonds is 3. The van der Waals surface area contributed by atoms with Gasteiger partial charge in [0.25, 0.3) is 0 Å². The molecule has 3 atom stereocenters. The second kappa shape index (κ2) is 5.09. The fourth-order valence-corrected chi connectivity index (χ4v) is 3.92. The van der Waals surface area contributed by atoms with E-state index in [4.69, 9.17) is 4.84 Å². The van der Waals surface area contributed by atoms with Crippen LogP contribution in [0.15, 0.2) is 30.3 Å². The Morgan fingerprint density at radius 1 is 1.35 bits per heavy atom. The Balaban J connectivity index is 1.72. The van der Waals surface area contributed by atoms with E-state index in [9.17, 15) is 4.79 Å². The maximum Gasteiger partial charge on any atom is 0.346 e. The summed E-state index contributed by atoms with van der Waals surface area (Å²) in [5.74, 6) is 1.41. The van der Waals surface area contributed by atoms with Crippen molar-refractivity contribution in [3.63, 3.8) is 0 Å². The first kappa shape index (κ1) is 13.4. The molecule has 3 unspecified atom stereocenters. The number of carbonyl (C=O) groups excluding carboxylic acids is 1. The lowest BCUT2D eigenvalue weighted by atomic mass is 9.83. The van der Waals surface area contributed by atoms with Crippen LogP contribution in [0, 0.1) is 11.8 Å². The smallest absolute Gasteiger partial charge is 0.330 e. The first-order valence-corrected chi connectivity index (χ1v) is 7.34. The molecule has 108 valence electrons. The molecule has 2 saturated carbocycles. The molecule has 0 spiro atoms. The zero-order valence-corrected chi connectivity index (χ0v) is 12.1. The molecule has 2 fully saturated rings. The lowest BCUT2D eigenvalue weighted by molar-refractivity contribution is 0.147. The summed E-state index contributed by atoms with van der Waals surface area (Å²) < 4.78 is 0. The van der Waals surface area contributed by atoms with Gasteiger partial charge in [-0.3, -0.25) is 4.84 Å². The van der Waals surface area contributed by atoms with Crippen LogP contribution >= 0.6 is 0 Å². The van der Waals surface area contributed by atoms with Gasteiger partial charge in [0.1, 0.15) is 0 Å². The van der Waals surface area contributed by atoms with Gasteiger partial charge in [-0.15, -0.1) is 0 Å². The Labute approximate surface area is 120 Å². The van der Waals surface area contributed by atoms with E-state index in [0.717, 1.165) is 18.0 Å². The topological polar surface area (TPSA) is 41.6 Å². The number of hydroxylamine groups is 1. The van der Waals surface area contributed by atoms with Crippen LogP contribution in [0.25, 0.3) is 0 Å². The fraction of sp³-hybridized carbons (Fsp3) is 0.562. The van der Waals surface area contributed by atoms with Crippen LogP contribution in [0.1, 0.15) is 32.6 Å². The molecular formula is C16H22N2O2. The van der Waals surface area contributed by atoms with E-state index in [1.54, 1.807) is 0 Å². The largest absolute Gasteiger partial charge is 0.346 e. The number of nitrogens with zero attached hydrogens (tertiary/aromatic N) is 1. The van der Waals surface area contributed by atoms with Gasteiger partial charge in [0.2, 0.25) is 0 Å². The Bertz CT molecular complexity index is 491. The molecular weight excluding hydrogens is 252 g/mol. The molecule has 3 rings (SSSR count). The van der Waals surface area contributed by atoms with E-state index in [0.29, 0.717) is 5.92 Å². The van der Waals surface area contributed by atoms with Gasteiger partial charge >= 0.3 is 6.03 Å². The molecule has 20 heavy (non-hydrogen) atoms. The number of benzene rings is 1. The van der Waals surface area contributed by atoms with E-state index < -0.39 is 0 Å². The van der Waals surface area contributed by atoms with Crippen molar-refractivity contribution in [3.05, 3.63) is 30.3 Å². The van der Waals surface area contributed by atoms with Crippen molar-refractivity contribution >= 4 is 11.7 Å². The number of amides is 2. The minimum atomic E-state index is -0.172. The van der Waals surface area contributed by atoms with Gasteiger partial charge in [0, 0.05) is 5.54 Å². The molecule has 0 radical (unpaired) electrons. The van der Waals surface area contributed by atoms with Crippen LogP contribution in [0.3, 0.4) is 0 Å². The molecule has 4 nitrogen and oxygen atoms in total. The molecule has 2 aliphatic rings. The van der Waals surface area contributed by atoms with Crippen molar-refractivity contribution in [2.45, 2.75) is 38.1 Å². The van der Waals surface area contributed by atoms with E-state index in [1.807, 2.05) is 30.3 Å². The summed E-state index contributed by atoms with van der Waals surface area (Å²) in [4.78, 5) is 17.8. The normalized spacial score (nSPS) is 31.3. The fourth-order valence-electron chi connectivity index (χ4n) is 3.92. The summed E-state index contributed by atoms with van der Waals surface area (Å²) in [6.45, 7) is 2.17. The quantitative estimate of drug-likeness (QED) is 0.859. The van der Waals surface area contributed by atoms with Gasteiger partial charge in [-0.05, 0) is 56.6 Å². The van der Waals surface area contributed by atoms with E-state index in [1.165, 1.54) is 31.4 Å². The number of fused-ring (bicyclic) bond motifs is 2. The zero-order chi connectivity index (χ0) is 14.2. The summed E-state index contributed by atoms with van der Waals surface area (Å²) in [6, 6.07) is 9.28. The number of urea groups is 1. The highest BCUT2D eigenvalue weighted by molar-refractivity contribution is 5.90. The molecule has 0 aliphatic heterocycles. The van der Waals surface area contributed by atoms with Crippen LogP contribution in [-0.2, 0) is 4.84 Å². The van der Waals surface area contributed by atoms with Gasteiger partial charge in [0.05, 0.1) is 12.8 Å². The maximum atomic E-state index is 12.5. The van der Waals surface area contributed by atoms with Gasteiger partial charge in [-0.2, -0.15) is 5.06 Å². The second-order valence-electron chi connectivity index (χ2n) is 6.24. The van der Waals surface area contributed by atoms with Crippen LogP contribution in [0.5, 0.6) is 0 Å². The Morgan fingerprint density at radius 2 is 2.10 bits per heavy atom. The van der Waals surface area contributed by atoms with E-state index in [-0.39, 0.29) is 11.6 Å². The molecule has 2 amide bonds.